The fraction of sp³-hybridized carbons (Fsp3) is 0.533. The molecule has 0 aromatic heterocycles. The molecule has 1 heterocycles. The van der Waals surface area contributed by atoms with Crippen LogP contribution in [0.5, 0.6) is 5.75 Å². The van der Waals surface area contributed by atoms with Crippen LogP contribution in [0.3, 0.4) is 0 Å². The zero-order chi connectivity index (χ0) is 17.5. The molecule has 24 heavy (non-hydrogen) atoms. The molecule has 7 nitrogen and oxygen atoms in total. The van der Waals surface area contributed by atoms with Crippen molar-refractivity contribution >= 4 is 21.8 Å². The van der Waals surface area contributed by atoms with Gasteiger partial charge in [-0.2, -0.15) is 8.42 Å². The highest BCUT2D eigenvalue weighted by molar-refractivity contribution is 7.92. The van der Waals surface area contributed by atoms with Crippen molar-refractivity contribution in [1.29, 1.82) is 0 Å². The number of carbonyl (C=O) groups is 1. The van der Waals surface area contributed by atoms with E-state index in [1.54, 1.807) is 4.72 Å². The van der Waals surface area contributed by atoms with Gasteiger partial charge >= 0.3 is 10.2 Å². The number of carbonyl (C=O) groups excluding carboxylic acids is 1. The number of fused-ring (bicyclic) bond motifs is 1. The molecule has 0 saturated carbocycles. The highest BCUT2D eigenvalue weighted by Gasteiger charge is 2.38. The van der Waals surface area contributed by atoms with E-state index in [4.69, 9.17) is 0 Å². The van der Waals surface area contributed by atoms with E-state index in [-0.39, 0.29) is 6.04 Å². The zero-order valence-corrected chi connectivity index (χ0v) is 14.1. The monoisotopic (exact) mass is 357 g/mol. The summed E-state index contributed by atoms with van der Waals surface area (Å²) in [5.41, 5.74) is 0.650. The predicted octanol–water partition coefficient (Wildman–Crippen LogP) is 0.569. The molecule has 1 aromatic carbocycles. The number of hydrogen-bond donors (Lipinski definition) is 3. The van der Waals surface area contributed by atoms with Crippen LogP contribution in [0.25, 0.3) is 0 Å². The van der Waals surface area contributed by atoms with E-state index in [0.29, 0.717) is 28.3 Å². The minimum absolute atomic E-state index is 0.256. The molecule has 1 aliphatic carbocycles. The normalized spacial score (nSPS) is 22.8. The van der Waals surface area contributed by atoms with Crippen molar-refractivity contribution in [1.82, 2.24) is 10.0 Å². The van der Waals surface area contributed by atoms with Gasteiger partial charge in [-0.15, -0.1) is 0 Å². The Hall–Kier alpha value is -1.87. The summed E-state index contributed by atoms with van der Waals surface area (Å²) in [5.74, 6) is -1.98. The highest BCUT2D eigenvalue weighted by Crippen LogP contribution is 2.39. The van der Waals surface area contributed by atoms with Gasteiger partial charge in [-0.05, 0) is 49.4 Å². The standard InChI is InChI=1S/C15H20FN3O4S/c1-2-17-10-4-3-9-7-12(20)15(14(16)11(9)6-5-10)19-8-13(21)18-24(19,22)23/h7,10,17,20H,2-6,8H2,1H3,(H,18,21)/t10-/m0/s1. The van der Waals surface area contributed by atoms with E-state index < -0.39 is 39.9 Å². The molecule has 2 aliphatic rings. The van der Waals surface area contributed by atoms with E-state index in [2.05, 4.69) is 5.32 Å². The fourth-order valence-corrected chi connectivity index (χ4v) is 4.54. The number of aromatic hydroxyl groups is 1. The van der Waals surface area contributed by atoms with E-state index in [1.165, 1.54) is 6.07 Å². The second kappa shape index (κ2) is 6.21. The molecular formula is C15H20FN3O4S. The number of anilines is 1. The number of phenolic OH excluding ortho intramolecular Hbond substituents is 1. The van der Waals surface area contributed by atoms with Gasteiger partial charge in [0, 0.05) is 6.04 Å². The maximum absolute atomic E-state index is 15.0. The molecule has 1 amide bonds. The average molecular weight is 357 g/mol. The Morgan fingerprint density at radius 2 is 2.12 bits per heavy atom. The molecule has 0 radical (unpaired) electrons. The second-order valence-electron chi connectivity index (χ2n) is 6.06. The number of aryl methyl sites for hydroxylation is 1. The van der Waals surface area contributed by atoms with Gasteiger partial charge in [0.2, 0.25) is 0 Å². The first-order valence-corrected chi connectivity index (χ1v) is 9.37. The van der Waals surface area contributed by atoms with Crippen LogP contribution in [0.1, 0.15) is 30.9 Å². The van der Waals surface area contributed by atoms with Gasteiger partial charge in [0.1, 0.15) is 18.0 Å². The Morgan fingerprint density at radius 1 is 1.42 bits per heavy atom. The largest absolute Gasteiger partial charge is 0.506 e. The predicted molar refractivity (Wildman–Crippen MR) is 86.6 cm³/mol. The fourth-order valence-electron chi connectivity index (χ4n) is 3.38. The third-order valence-electron chi connectivity index (χ3n) is 4.48. The molecule has 3 N–H and O–H groups in total. The third-order valence-corrected chi connectivity index (χ3v) is 5.86. The number of phenols is 1. The highest BCUT2D eigenvalue weighted by atomic mass is 32.2. The second-order valence-corrected chi connectivity index (χ2v) is 7.66. The van der Waals surface area contributed by atoms with Gasteiger partial charge in [-0.25, -0.2) is 13.4 Å². The van der Waals surface area contributed by atoms with Crippen molar-refractivity contribution in [2.24, 2.45) is 0 Å². The Morgan fingerprint density at radius 3 is 2.75 bits per heavy atom. The summed E-state index contributed by atoms with van der Waals surface area (Å²) in [6.07, 6.45) is 2.59. The van der Waals surface area contributed by atoms with Crippen molar-refractivity contribution in [3.05, 3.63) is 23.0 Å². The molecule has 3 rings (SSSR count). The average Bonchev–Trinajstić information content (AvgIpc) is 2.66. The van der Waals surface area contributed by atoms with Crippen molar-refractivity contribution in [3.63, 3.8) is 0 Å². The molecule has 1 aromatic rings. The van der Waals surface area contributed by atoms with Crippen LogP contribution in [0.15, 0.2) is 6.07 Å². The van der Waals surface area contributed by atoms with E-state index in [9.17, 15) is 18.3 Å². The summed E-state index contributed by atoms with van der Waals surface area (Å²) in [6, 6.07) is 1.67. The lowest BCUT2D eigenvalue weighted by atomic mass is 10.0. The molecule has 0 spiro atoms. The molecule has 1 aliphatic heterocycles. The Kier molecular flexibility index (Phi) is 4.39. The van der Waals surface area contributed by atoms with E-state index in [0.717, 1.165) is 19.4 Å². The van der Waals surface area contributed by atoms with E-state index >= 15 is 4.39 Å². The minimum atomic E-state index is -4.17. The van der Waals surface area contributed by atoms with Crippen molar-refractivity contribution < 1.29 is 22.7 Å². The van der Waals surface area contributed by atoms with Crippen LogP contribution < -0.4 is 14.3 Å². The number of halogens is 1. The number of rotatable bonds is 3. The van der Waals surface area contributed by atoms with Crippen LogP contribution in [-0.4, -0.2) is 38.6 Å². The third kappa shape index (κ3) is 2.93. The molecule has 1 atom stereocenters. The van der Waals surface area contributed by atoms with Crippen LogP contribution in [0.4, 0.5) is 10.1 Å². The first-order valence-electron chi connectivity index (χ1n) is 7.93. The first-order chi connectivity index (χ1) is 11.3. The van der Waals surface area contributed by atoms with Crippen molar-refractivity contribution in [2.75, 3.05) is 17.4 Å². The molecule has 1 fully saturated rings. The summed E-state index contributed by atoms with van der Waals surface area (Å²) in [7, 11) is -4.17. The zero-order valence-electron chi connectivity index (χ0n) is 13.3. The lowest BCUT2D eigenvalue weighted by Crippen LogP contribution is -2.30. The lowest BCUT2D eigenvalue weighted by molar-refractivity contribution is -0.117. The topological polar surface area (TPSA) is 98.7 Å². The molecule has 1 saturated heterocycles. The smallest absolute Gasteiger partial charge is 0.326 e. The number of nitrogens with zero attached hydrogens (tertiary/aromatic N) is 1. The molecule has 0 bridgehead atoms. The summed E-state index contributed by atoms with van der Waals surface area (Å²) >= 11 is 0. The Labute approximate surface area is 140 Å². The van der Waals surface area contributed by atoms with Gasteiger partial charge < -0.3 is 10.4 Å². The summed E-state index contributed by atoms with van der Waals surface area (Å²) in [6.45, 7) is 2.29. The lowest BCUT2D eigenvalue weighted by Gasteiger charge is -2.20. The van der Waals surface area contributed by atoms with Gasteiger partial charge in [-0.3, -0.25) is 4.79 Å². The summed E-state index contributed by atoms with van der Waals surface area (Å²) in [4.78, 5) is 11.4. The minimum Gasteiger partial charge on any atom is -0.506 e. The summed E-state index contributed by atoms with van der Waals surface area (Å²) < 4.78 is 41.3. The quantitative estimate of drug-likeness (QED) is 0.687. The van der Waals surface area contributed by atoms with Crippen LogP contribution in [-0.2, 0) is 27.8 Å². The number of nitrogens with one attached hydrogen (secondary N) is 2. The number of benzene rings is 1. The Balaban J connectivity index is 2.02. The summed E-state index contributed by atoms with van der Waals surface area (Å²) in [5, 5.41) is 13.5. The first kappa shape index (κ1) is 17.0. The number of amides is 1. The van der Waals surface area contributed by atoms with Crippen LogP contribution in [0, 0.1) is 5.82 Å². The van der Waals surface area contributed by atoms with Crippen molar-refractivity contribution in [2.45, 2.75) is 38.6 Å². The molecule has 0 unspecified atom stereocenters. The van der Waals surface area contributed by atoms with Gasteiger partial charge in [0.15, 0.2) is 5.82 Å². The maximum Gasteiger partial charge on any atom is 0.326 e. The maximum atomic E-state index is 15.0. The van der Waals surface area contributed by atoms with Gasteiger partial charge in [0.25, 0.3) is 5.91 Å². The number of hydrogen-bond acceptors (Lipinski definition) is 5. The SMILES string of the molecule is CCN[C@H]1CCc2cc(O)c(N3CC(=O)NS3(=O)=O)c(F)c2CC1. The molecular weight excluding hydrogens is 337 g/mol. The van der Waals surface area contributed by atoms with Crippen LogP contribution in [0.2, 0.25) is 0 Å². The van der Waals surface area contributed by atoms with Gasteiger partial charge in [0.05, 0.1) is 0 Å². The van der Waals surface area contributed by atoms with Crippen molar-refractivity contribution in [3.8, 4) is 5.75 Å². The molecule has 9 heteroatoms. The Bertz CT molecular complexity index is 781. The molecule has 132 valence electrons. The van der Waals surface area contributed by atoms with E-state index in [1.807, 2.05) is 6.92 Å². The van der Waals surface area contributed by atoms with Crippen LogP contribution >= 0.6 is 0 Å². The van der Waals surface area contributed by atoms with Gasteiger partial charge in [-0.1, -0.05) is 6.92 Å².